The van der Waals surface area contributed by atoms with Crippen LogP contribution in [0.3, 0.4) is 0 Å². The Morgan fingerprint density at radius 3 is 2.57 bits per heavy atom. The molecule has 2 aromatic carbocycles. The maximum atomic E-state index is 12.9. The van der Waals surface area contributed by atoms with E-state index in [1.165, 1.54) is 12.1 Å². The molecule has 0 saturated carbocycles. The molecule has 3 aromatic rings. The van der Waals surface area contributed by atoms with Crippen LogP contribution in [0.1, 0.15) is 16.9 Å². The Hall–Kier alpha value is -2.10. The van der Waals surface area contributed by atoms with Crippen LogP contribution in [-0.4, -0.2) is 0 Å². The van der Waals surface area contributed by atoms with Gasteiger partial charge in [-0.2, -0.15) is 0 Å². The van der Waals surface area contributed by atoms with Gasteiger partial charge in [0.25, 0.3) is 0 Å². The lowest BCUT2D eigenvalue weighted by Crippen LogP contribution is -2.11. The molecule has 1 heterocycles. The molecule has 0 spiro atoms. The summed E-state index contributed by atoms with van der Waals surface area (Å²) in [4.78, 5) is 0. The quantitative estimate of drug-likeness (QED) is 0.683. The van der Waals surface area contributed by atoms with Crippen LogP contribution in [0, 0.1) is 12.7 Å². The molecule has 4 heteroatoms. The van der Waals surface area contributed by atoms with E-state index < -0.39 is 0 Å². The van der Waals surface area contributed by atoms with E-state index in [1.807, 2.05) is 37.3 Å². The predicted molar refractivity (Wildman–Crippen MR) is 90.8 cm³/mol. The number of hydrogen-bond acceptors (Lipinski definition) is 2. The molecule has 0 amide bonds. The second-order valence-corrected chi connectivity index (χ2v) is 5.82. The lowest BCUT2D eigenvalue weighted by atomic mass is 10.1. The Kier molecular flexibility index (Phi) is 4.79. The number of hydrogen-bond donors (Lipinski definition) is 1. The molecule has 0 radical (unpaired) electrons. The molecule has 0 saturated heterocycles. The predicted octanol–water partition coefficient (Wildman–Crippen LogP) is 5.34. The fraction of sp³-hybridized carbons (Fsp3) is 0.158. The van der Waals surface area contributed by atoms with Crippen molar-refractivity contribution in [1.82, 2.24) is 5.32 Å². The molecule has 3 rings (SSSR count). The highest BCUT2D eigenvalue weighted by Gasteiger charge is 2.09. The third kappa shape index (κ3) is 3.81. The molecule has 0 aliphatic heterocycles. The third-order valence-corrected chi connectivity index (χ3v) is 4.15. The van der Waals surface area contributed by atoms with Gasteiger partial charge in [-0.25, -0.2) is 4.39 Å². The molecular weight excluding hydrogens is 313 g/mol. The molecular formula is C19H17ClFNO. The van der Waals surface area contributed by atoms with Crippen molar-refractivity contribution >= 4 is 11.6 Å². The summed E-state index contributed by atoms with van der Waals surface area (Å²) < 4.78 is 18.7. The monoisotopic (exact) mass is 329 g/mol. The number of nitrogens with one attached hydrogen (secondary N) is 1. The molecule has 2 nitrogen and oxygen atoms in total. The summed E-state index contributed by atoms with van der Waals surface area (Å²) >= 11 is 6.15. The lowest BCUT2D eigenvalue weighted by Gasteiger charge is -2.05. The maximum absolute atomic E-state index is 12.9. The Morgan fingerprint density at radius 1 is 1.00 bits per heavy atom. The van der Waals surface area contributed by atoms with Crippen LogP contribution in [-0.2, 0) is 13.1 Å². The van der Waals surface area contributed by atoms with Gasteiger partial charge in [0.15, 0.2) is 0 Å². The van der Waals surface area contributed by atoms with E-state index >= 15 is 0 Å². The van der Waals surface area contributed by atoms with E-state index in [4.69, 9.17) is 16.0 Å². The van der Waals surface area contributed by atoms with Gasteiger partial charge < -0.3 is 9.73 Å². The average molecular weight is 330 g/mol. The highest BCUT2D eigenvalue weighted by Crippen LogP contribution is 2.29. The molecule has 0 aliphatic rings. The highest BCUT2D eigenvalue weighted by atomic mass is 35.5. The number of furan rings is 1. The lowest BCUT2D eigenvalue weighted by molar-refractivity contribution is 0.493. The van der Waals surface area contributed by atoms with Crippen molar-refractivity contribution in [2.75, 3.05) is 0 Å². The van der Waals surface area contributed by atoms with Gasteiger partial charge in [-0.15, -0.1) is 0 Å². The average Bonchev–Trinajstić information content (AvgIpc) is 3.01. The molecule has 0 bridgehead atoms. The molecule has 23 heavy (non-hydrogen) atoms. The summed E-state index contributed by atoms with van der Waals surface area (Å²) in [5, 5.41) is 4.02. The summed E-state index contributed by atoms with van der Waals surface area (Å²) in [6.07, 6.45) is 0. The molecule has 0 aliphatic carbocycles. The van der Waals surface area contributed by atoms with Crippen molar-refractivity contribution in [3.8, 4) is 11.3 Å². The van der Waals surface area contributed by atoms with Gasteiger partial charge in [-0.1, -0.05) is 35.9 Å². The first-order valence-electron chi connectivity index (χ1n) is 7.43. The van der Waals surface area contributed by atoms with Crippen LogP contribution >= 0.6 is 11.6 Å². The van der Waals surface area contributed by atoms with Gasteiger partial charge in [0.2, 0.25) is 0 Å². The standard InChI is InChI=1S/C19H17ClFNO/c1-13-17(3-2-4-18(13)20)19-10-9-16(23-19)12-22-11-14-5-7-15(21)8-6-14/h2-10,22H,11-12H2,1H3. The first-order chi connectivity index (χ1) is 11.1. The summed E-state index contributed by atoms with van der Waals surface area (Å²) in [5.41, 5.74) is 3.04. The first-order valence-corrected chi connectivity index (χ1v) is 7.80. The van der Waals surface area contributed by atoms with E-state index in [-0.39, 0.29) is 5.82 Å². The topological polar surface area (TPSA) is 25.2 Å². The van der Waals surface area contributed by atoms with Crippen LogP contribution in [0.25, 0.3) is 11.3 Å². The van der Waals surface area contributed by atoms with Gasteiger partial charge in [0.1, 0.15) is 17.3 Å². The molecule has 118 valence electrons. The van der Waals surface area contributed by atoms with Crippen molar-refractivity contribution in [2.24, 2.45) is 0 Å². The summed E-state index contributed by atoms with van der Waals surface area (Å²) in [5.74, 6) is 1.44. The Bertz CT molecular complexity index is 795. The largest absolute Gasteiger partial charge is 0.460 e. The summed E-state index contributed by atoms with van der Waals surface area (Å²) in [6, 6.07) is 16.1. The maximum Gasteiger partial charge on any atom is 0.134 e. The highest BCUT2D eigenvalue weighted by molar-refractivity contribution is 6.31. The van der Waals surface area contributed by atoms with Gasteiger partial charge in [0.05, 0.1) is 6.54 Å². The molecule has 1 N–H and O–H groups in total. The summed E-state index contributed by atoms with van der Waals surface area (Å²) in [7, 11) is 0. The van der Waals surface area contributed by atoms with Crippen LogP contribution < -0.4 is 5.32 Å². The van der Waals surface area contributed by atoms with Crippen molar-refractivity contribution in [3.05, 3.63) is 82.3 Å². The minimum Gasteiger partial charge on any atom is -0.460 e. The Balaban J connectivity index is 1.63. The van der Waals surface area contributed by atoms with Gasteiger partial charge in [-0.05, 0) is 48.4 Å². The van der Waals surface area contributed by atoms with Crippen molar-refractivity contribution < 1.29 is 8.81 Å². The van der Waals surface area contributed by atoms with E-state index in [0.717, 1.165) is 33.2 Å². The first kappa shape index (κ1) is 15.8. The fourth-order valence-electron chi connectivity index (χ4n) is 2.42. The Morgan fingerprint density at radius 2 is 1.78 bits per heavy atom. The van der Waals surface area contributed by atoms with E-state index in [1.54, 1.807) is 12.1 Å². The zero-order chi connectivity index (χ0) is 16.2. The zero-order valence-electron chi connectivity index (χ0n) is 12.8. The second-order valence-electron chi connectivity index (χ2n) is 5.41. The van der Waals surface area contributed by atoms with Crippen molar-refractivity contribution in [1.29, 1.82) is 0 Å². The van der Waals surface area contributed by atoms with E-state index in [2.05, 4.69) is 5.32 Å². The van der Waals surface area contributed by atoms with Gasteiger partial charge in [0, 0.05) is 17.1 Å². The van der Waals surface area contributed by atoms with Crippen molar-refractivity contribution in [2.45, 2.75) is 20.0 Å². The SMILES string of the molecule is Cc1c(Cl)cccc1-c1ccc(CNCc2ccc(F)cc2)o1. The van der Waals surface area contributed by atoms with Crippen LogP contribution in [0.5, 0.6) is 0 Å². The Labute approximate surface area is 139 Å². The minimum absolute atomic E-state index is 0.221. The molecule has 1 aromatic heterocycles. The second kappa shape index (κ2) is 6.99. The smallest absolute Gasteiger partial charge is 0.134 e. The van der Waals surface area contributed by atoms with Crippen molar-refractivity contribution in [3.63, 3.8) is 0 Å². The van der Waals surface area contributed by atoms with E-state index in [9.17, 15) is 4.39 Å². The number of halogens is 2. The van der Waals surface area contributed by atoms with Crippen LogP contribution in [0.15, 0.2) is 59.0 Å². The van der Waals surface area contributed by atoms with Crippen LogP contribution in [0.4, 0.5) is 4.39 Å². The molecule has 0 atom stereocenters. The normalized spacial score (nSPS) is 10.9. The van der Waals surface area contributed by atoms with E-state index in [0.29, 0.717) is 13.1 Å². The minimum atomic E-state index is -0.221. The molecule has 0 unspecified atom stereocenters. The number of rotatable bonds is 5. The summed E-state index contributed by atoms with van der Waals surface area (Å²) in [6.45, 7) is 3.25. The van der Waals surface area contributed by atoms with Gasteiger partial charge >= 0.3 is 0 Å². The van der Waals surface area contributed by atoms with Crippen LogP contribution in [0.2, 0.25) is 5.02 Å². The molecule has 0 fully saturated rings. The van der Waals surface area contributed by atoms with Gasteiger partial charge in [-0.3, -0.25) is 0 Å². The zero-order valence-corrected chi connectivity index (χ0v) is 13.5. The third-order valence-electron chi connectivity index (χ3n) is 3.74. The number of benzene rings is 2. The fourth-order valence-corrected chi connectivity index (χ4v) is 2.60.